The lowest BCUT2D eigenvalue weighted by Crippen LogP contribution is -2.51. The number of hydrogen-bond acceptors (Lipinski definition) is 3. The second-order valence-electron chi connectivity index (χ2n) is 11.3. The Hall–Kier alpha value is -5.45. The van der Waals surface area contributed by atoms with Gasteiger partial charge in [0.2, 0.25) is 5.89 Å². The second kappa shape index (κ2) is 11.0. The van der Waals surface area contributed by atoms with E-state index in [0.29, 0.717) is 5.89 Å². The number of anilines is 2. The maximum atomic E-state index is 6.45. The number of hydrogen-bond donors (Lipinski definition) is 0. The largest absolute Gasteiger partial charge is 0.435 e. The van der Waals surface area contributed by atoms with Crippen molar-refractivity contribution in [1.29, 1.82) is 0 Å². The lowest BCUT2D eigenvalue weighted by atomic mass is 10.0. The Bertz CT molecular complexity index is 2190. The lowest BCUT2D eigenvalue weighted by molar-refractivity contribution is 0.623. The van der Waals surface area contributed by atoms with Crippen molar-refractivity contribution < 1.29 is 4.42 Å². The van der Waals surface area contributed by atoms with Crippen molar-refractivity contribution in [3.8, 4) is 11.5 Å². The molecule has 3 nitrogen and oxygen atoms in total. The smallest absolute Gasteiger partial charge is 0.227 e. The zero-order chi connectivity index (χ0) is 29.5. The monoisotopic (exact) mass is 582 g/mol. The standard InChI is InChI=1S/C40H30N2OSi/c1-42(31-22-24-35(25-23-31)44(33-13-7-3-8-14-33)34-15-9-4-10-16-34)32-21-19-28-17-18-29-20-26-37-39(38(29)36(28)27-32)43-40(41-37)30-11-5-2-6-12-30/h2-27,44H,1H3. The molecule has 44 heavy (non-hydrogen) atoms. The first-order chi connectivity index (χ1) is 21.7. The summed E-state index contributed by atoms with van der Waals surface area (Å²) in [5.74, 6) is 0.645. The van der Waals surface area contributed by atoms with Crippen molar-refractivity contribution in [3.63, 3.8) is 0 Å². The summed E-state index contributed by atoms with van der Waals surface area (Å²) in [5.41, 5.74) is 4.95. The fourth-order valence-corrected chi connectivity index (χ4v) is 9.28. The van der Waals surface area contributed by atoms with Crippen LogP contribution >= 0.6 is 0 Å². The molecule has 0 spiro atoms. The maximum Gasteiger partial charge on any atom is 0.227 e. The van der Waals surface area contributed by atoms with E-state index in [1.165, 1.54) is 20.9 Å². The normalized spacial score (nSPS) is 11.5. The number of oxazole rings is 1. The molecule has 0 bridgehead atoms. The lowest BCUT2D eigenvalue weighted by Gasteiger charge is -2.22. The van der Waals surface area contributed by atoms with Crippen LogP contribution in [-0.4, -0.2) is 20.8 Å². The highest BCUT2D eigenvalue weighted by Gasteiger charge is 2.19. The number of rotatable bonds is 6. The summed E-state index contributed by atoms with van der Waals surface area (Å²) in [6.45, 7) is 0. The zero-order valence-corrected chi connectivity index (χ0v) is 25.5. The van der Waals surface area contributed by atoms with Crippen LogP contribution in [0.1, 0.15) is 0 Å². The van der Waals surface area contributed by atoms with Gasteiger partial charge in [-0.1, -0.05) is 131 Å². The Kier molecular flexibility index (Phi) is 6.54. The Balaban J connectivity index is 1.19. The molecule has 0 N–H and O–H groups in total. The molecule has 7 aromatic carbocycles. The van der Waals surface area contributed by atoms with E-state index in [0.717, 1.165) is 44.2 Å². The van der Waals surface area contributed by atoms with Crippen LogP contribution in [0.25, 0.3) is 44.1 Å². The van der Waals surface area contributed by atoms with Crippen molar-refractivity contribution in [1.82, 2.24) is 4.98 Å². The van der Waals surface area contributed by atoms with E-state index in [1.807, 2.05) is 30.3 Å². The van der Waals surface area contributed by atoms with Gasteiger partial charge in [0, 0.05) is 29.4 Å². The van der Waals surface area contributed by atoms with E-state index < -0.39 is 8.80 Å². The third kappa shape index (κ3) is 4.66. The van der Waals surface area contributed by atoms with Gasteiger partial charge in [-0.15, -0.1) is 0 Å². The average molecular weight is 583 g/mol. The number of aromatic nitrogens is 1. The fourth-order valence-electron chi connectivity index (χ4n) is 6.33. The molecular weight excluding hydrogens is 553 g/mol. The third-order valence-electron chi connectivity index (χ3n) is 8.63. The van der Waals surface area contributed by atoms with Crippen LogP contribution < -0.4 is 20.5 Å². The Morgan fingerprint density at radius 3 is 1.77 bits per heavy atom. The van der Waals surface area contributed by atoms with Crippen molar-refractivity contribution in [3.05, 3.63) is 158 Å². The first-order valence-corrected chi connectivity index (χ1v) is 16.7. The van der Waals surface area contributed by atoms with Crippen LogP contribution in [0.5, 0.6) is 0 Å². The summed E-state index contributed by atoms with van der Waals surface area (Å²) in [5, 5.41) is 8.83. The van der Waals surface area contributed by atoms with Gasteiger partial charge in [0.05, 0.1) is 0 Å². The summed E-state index contributed by atoms with van der Waals surface area (Å²) in [6.07, 6.45) is 0. The average Bonchev–Trinajstić information content (AvgIpc) is 3.54. The van der Waals surface area contributed by atoms with Crippen LogP contribution in [0.3, 0.4) is 0 Å². The summed E-state index contributed by atoms with van der Waals surface area (Å²) < 4.78 is 6.45. The highest BCUT2D eigenvalue weighted by Crippen LogP contribution is 2.37. The highest BCUT2D eigenvalue weighted by atomic mass is 28.3. The molecular formula is C40H30N2OSi. The molecule has 1 heterocycles. The van der Waals surface area contributed by atoms with Crippen molar-refractivity contribution in [2.45, 2.75) is 0 Å². The topological polar surface area (TPSA) is 29.3 Å². The van der Waals surface area contributed by atoms with Crippen LogP contribution in [0.4, 0.5) is 11.4 Å². The first kappa shape index (κ1) is 26.2. The number of benzene rings is 7. The predicted octanol–water partition coefficient (Wildman–Crippen LogP) is 7.82. The Labute approximate surface area is 258 Å². The van der Waals surface area contributed by atoms with Gasteiger partial charge in [-0.2, -0.15) is 0 Å². The van der Waals surface area contributed by atoms with Crippen LogP contribution in [-0.2, 0) is 0 Å². The summed E-state index contributed by atoms with van der Waals surface area (Å²) >= 11 is 0. The van der Waals surface area contributed by atoms with Gasteiger partial charge in [-0.05, 0) is 58.6 Å². The van der Waals surface area contributed by atoms with E-state index in [2.05, 4.69) is 139 Å². The summed E-state index contributed by atoms with van der Waals surface area (Å²) in [4.78, 5) is 7.10. The molecule has 0 aliphatic carbocycles. The minimum atomic E-state index is -1.58. The van der Waals surface area contributed by atoms with Gasteiger partial charge in [0.1, 0.15) is 14.3 Å². The van der Waals surface area contributed by atoms with E-state index in [9.17, 15) is 0 Å². The molecule has 0 atom stereocenters. The molecule has 1 aromatic heterocycles. The van der Waals surface area contributed by atoms with Gasteiger partial charge in [-0.3, -0.25) is 0 Å². The van der Waals surface area contributed by atoms with Gasteiger partial charge in [0.15, 0.2) is 5.58 Å². The van der Waals surface area contributed by atoms with Gasteiger partial charge in [-0.25, -0.2) is 4.98 Å². The van der Waals surface area contributed by atoms with Crippen LogP contribution in [0, 0.1) is 0 Å². The molecule has 0 amide bonds. The molecule has 0 saturated carbocycles. The molecule has 0 unspecified atom stereocenters. The van der Waals surface area contributed by atoms with Crippen molar-refractivity contribution >= 4 is 68.4 Å². The molecule has 210 valence electrons. The van der Waals surface area contributed by atoms with E-state index in [1.54, 1.807) is 0 Å². The Morgan fingerprint density at radius 2 is 1.09 bits per heavy atom. The summed E-state index contributed by atoms with van der Waals surface area (Å²) in [7, 11) is 0.565. The van der Waals surface area contributed by atoms with E-state index >= 15 is 0 Å². The summed E-state index contributed by atoms with van der Waals surface area (Å²) in [6, 6.07) is 56.4. The number of nitrogens with zero attached hydrogens (tertiary/aromatic N) is 2. The molecule has 0 fully saturated rings. The van der Waals surface area contributed by atoms with E-state index in [-0.39, 0.29) is 0 Å². The first-order valence-electron chi connectivity index (χ1n) is 15.0. The van der Waals surface area contributed by atoms with Crippen molar-refractivity contribution in [2.24, 2.45) is 0 Å². The molecule has 0 aliphatic heterocycles. The molecule has 8 rings (SSSR count). The molecule has 4 heteroatoms. The van der Waals surface area contributed by atoms with Crippen LogP contribution in [0.2, 0.25) is 0 Å². The van der Waals surface area contributed by atoms with Gasteiger partial charge < -0.3 is 9.32 Å². The SMILES string of the molecule is CN(c1ccc([SiH](c2ccccc2)c2ccccc2)cc1)c1ccc2ccc3ccc4nc(-c5ccccc5)oc4c3c2c1. The van der Waals surface area contributed by atoms with E-state index in [4.69, 9.17) is 9.40 Å². The minimum absolute atomic E-state index is 0.645. The quantitative estimate of drug-likeness (QED) is 0.114. The Morgan fingerprint density at radius 1 is 0.545 bits per heavy atom. The van der Waals surface area contributed by atoms with Gasteiger partial charge >= 0.3 is 0 Å². The number of fused-ring (bicyclic) bond motifs is 5. The van der Waals surface area contributed by atoms with Crippen LogP contribution in [0.15, 0.2) is 162 Å². The zero-order valence-electron chi connectivity index (χ0n) is 24.4. The van der Waals surface area contributed by atoms with Gasteiger partial charge in [0.25, 0.3) is 0 Å². The molecule has 0 radical (unpaired) electrons. The second-order valence-corrected chi connectivity index (χ2v) is 14.1. The molecule has 0 saturated heterocycles. The fraction of sp³-hybridized carbons (Fsp3) is 0.0250. The van der Waals surface area contributed by atoms with Crippen molar-refractivity contribution in [2.75, 3.05) is 11.9 Å². The maximum absolute atomic E-state index is 6.45. The third-order valence-corrected chi connectivity index (χ3v) is 11.8. The highest BCUT2D eigenvalue weighted by molar-refractivity contribution is 6.95. The molecule has 0 aliphatic rings. The predicted molar refractivity (Wildman–Crippen MR) is 188 cm³/mol. The minimum Gasteiger partial charge on any atom is -0.435 e. The molecule has 8 aromatic rings.